The molecule has 0 saturated carbocycles. The molecule has 0 fully saturated rings. The molecule has 0 unspecified atom stereocenters. The van der Waals surface area contributed by atoms with Gasteiger partial charge in [-0.05, 0) is 41.5 Å². The Morgan fingerprint density at radius 1 is 1.00 bits per heavy atom. The van der Waals surface area contributed by atoms with Crippen molar-refractivity contribution >= 4 is 23.2 Å². The Hall–Kier alpha value is -1.09. The van der Waals surface area contributed by atoms with Crippen molar-refractivity contribution in [3.05, 3.63) is 57.8 Å². The first-order valence-electron chi connectivity index (χ1n) is 5.05. The van der Waals surface area contributed by atoms with E-state index in [-0.39, 0.29) is 5.82 Å². The van der Waals surface area contributed by atoms with Gasteiger partial charge in [-0.2, -0.15) is 0 Å². The first kappa shape index (κ1) is 12.4. The zero-order valence-electron chi connectivity index (χ0n) is 8.88. The molecule has 0 aliphatic rings. The lowest BCUT2D eigenvalue weighted by Gasteiger charge is -2.10. The molecule has 0 amide bonds. The van der Waals surface area contributed by atoms with Gasteiger partial charge >= 0.3 is 0 Å². The van der Waals surface area contributed by atoms with E-state index in [1.165, 1.54) is 18.2 Å². The van der Waals surface area contributed by atoms with Gasteiger partial charge in [0.15, 0.2) is 0 Å². The van der Waals surface area contributed by atoms with E-state index in [4.69, 9.17) is 28.9 Å². The van der Waals surface area contributed by atoms with Crippen LogP contribution in [-0.2, 0) is 6.54 Å². The molecule has 17 heavy (non-hydrogen) atoms. The summed E-state index contributed by atoms with van der Waals surface area (Å²) < 4.78 is 13.2. The topological polar surface area (TPSA) is 26.0 Å². The molecular formula is C13H10Cl2FN. The molecule has 2 aromatic rings. The van der Waals surface area contributed by atoms with Crippen LogP contribution in [0.2, 0.25) is 10.0 Å². The zero-order valence-corrected chi connectivity index (χ0v) is 10.4. The summed E-state index contributed by atoms with van der Waals surface area (Å²) in [5.41, 5.74) is 7.92. The third-order valence-electron chi connectivity index (χ3n) is 2.51. The fourth-order valence-electron chi connectivity index (χ4n) is 1.70. The normalized spacial score (nSPS) is 10.6. The largest absolute Gasteiger partial charge is 0.326 e. The van der Waals surface area contributed by atoms with Gasteiger partial charge in [-0.25, -0.2) is 4.39 Å². The monoisotopic (exact) mass is 269 g/mol. The maximum absolute atomic E-state index is 13.2. The molecule has 0 heterocycles. The van der Waals surface area contributed by atoms with Crippen LogP contribution in [0.4, 0.5) is 4.39 Å². The van der Waals surface area contributed by atoms with Gasteiger partial charge in [-0.1, -0.05) is 29.3 Å². The highest BCUT2D eigenvalue weighted by molar-refractivity contribution is 6.33. The van der Waals surface area contributed by atoms with Crippen LogP contribution in [0.3, 0.4) is 0 Å². The lowest BCUT2D eigenvalue weighted by Crippen LogP contribution is -1.99. The van der Waals surface area contributed by atoms with Crippen molar-refractivity contribution in [2.75, 3.05) is 0 Å². The predicted molar refractivity (Wildman–Crippen MR) is 69.7 cm³/mol. The third-order valence-corrected chi connectivity index (χ3v) is 3.07. The summed E-state index contributed by atoms with van der Waals surface area (Å²) in [6, 6.07) is 9.54. The summed E-state index contributed by atoms with van der Waals surface area (Å²) in [4.78, 5) is 0. The summed E-state index contributed by atoms with van der Waals surface area (Å²) >= 11 is 12.0. The average molecular weight is 270 g/mol. The van der Waals surface area contributed by atoms with E-state index < -0.39 is 0 Å². The third kappa shape index (κ3) is 2.60. The summed E-state index contributed by atoms with van der Waals surface area (Å²) in [5.74, 6) is -0.331. The highest BCUT2D eigenvalue weighted by Crippen LogP contribution is 2.32. The van der Waals surface area contributed by atoms with E-state index in [9.17, 15) is 4.39 Å². The minimum Gasteiger partial charge on any atom is -0.326 e. The predicted octanol–water partition coefficient (Wildman–Crippen LogP) is 4.26. The number of rotatable bonds is 2. The standard InChI is InChI=1S/C13H10Cl2FN/c14-9-1-3-11(8(5-9)7-17)12-6-10(16)2-4-13(12)15/h1-6H,7,17H2. The second-order valence-electron chi connectivity index (χ2n) is 3.63. The molecule has 2 N–H and O–H groups in total. The van der Waals surface area contributed by atoms with E-state index in [0.717, 1.165) is 11.1 Å². The fraction of sp³-hybridized carbons (Fsp3) is 0.0769. The minimum atomic E-state index is -0.331. The summed E-state index contributed by atoms with van der Waals surface area (Å²) in [6.07, 6.45) is 0. The van der Waals surface area contributed by atoms with E-state index in [1.807, 2.05) is 0 Å². The molecule has 0 atom stereocenters. The molecule has 0 aliphatic carbocycles. The number of benzene rings is 2. The van der Waals surface area contributed by atoms with Crippen molar-refractivity contribution in [3.8, 4) is 11.1 Å². The highest BCUT2D eigenvalue weighted by atomic mass is 35.5. The van der Waals surface area contributed by atoms with Gasteiger partial charge in [0.2, 0.25) is 0 Å². The number of hydrogen-bond acceptors (Lipinski definition) is 1. The molecule has 0 spiro atoms. The van der Waals surface area contributed by atoms with E-state index in [2.05, 4.69) is 0 Å². The Morgan fingerprint density at radius 2 is 1.76 bits per heavy atom. The van der Waals surface area contributed by atoms with E-state index in [0.29, 0.717) is 22.2 Å². The van der Waals surface area contributed by atoms with Crippen LogP contribution in [0.25, 0.3) is 11.1 Å². The van der Waals surface area contributed by atoms with Gasteiger partial charge < -0.3 is 5.73 Å². The summed E-state index contributed by atoms with van der Waals surface area (Å²) in [5, 5.41) is 1.09. The number of hydrogen-bond donors (Lipinski definition) is 1. The molecule has 2 rings (SSSR count). The van der Waals surface area contributed by atoms with Crippen molar-refractivity contribution in [2.45, 2.75) is 6.54 Å². The van der Waals surface area contributed by atoms with Gasteiger partial charge in [0.25, 0.3) is 0 Å². The molecule has 2 aromatic carbocycles. The van der Waals surface area contributed by atoms with Crippen LogP contribution in [-0.4, -0.2) is 0 Å². The van der Waals surface area contributed by atoms with Gasteiger partial charge in [-0.3, -0.25) is 0 Å². The van der Waals surface area contributed by atoms with Gasteiger partial charge in [-0.15, -0.1) is 0 Å². The van der Waals surface area contributed by atoms with Gasteiger partial charge in [0.1, 0.15) is 5.82 Å². The molecule has 1 nitrogen and oxygen atoms in total. The smallest absolute Gasteiger partial charge is 0.123 e. The highest BCUT2D eigenvalue weighted by Gasteiger charge is 2.09. The Bertz CT molecular complexity index is 555. The van der Waals surface area contributed by atoms with Crippen molar-refractivity contribution in [1.29, 1.82) is 0 Å². The first-order valence-corrected chi connectivity index (χ1v) is 5.81. The molecule has 0 radical (unpaired) electrons. The van der Waals surface area contributed by atoms with Gasteiger partial charge in [0.05, 0.1) is 0 Å². The van der Waals surface area contributed by atoms with Crippen molar-refractivity contribution in [3.63, 3.8) is 0 Å². The maximum atomic E-state index is 13.2. The van der Waals surface area contributed by atoms with Crippen LogP contribution in [0.1, 0.15) is 5.56 Å². The molecule has 0 saturated heterocycles. The second-order valence-corrected chi connectivity index (χ2v) is 4.47. The van der Waals surface area contributed by atoms with Crippen LogP contribution < -0.4 is 5.73 Å². The molecular weight excluding hydrogens is 260 g/mol. The van der Waals surface area contributed by atoms with Gasteiger partial charge in [0, 0.05) is 22.2 Å². The molecule has 4 heteroatoms. The molecule has 0 aliphatic heterocycles. The van der Waals surface area contributed by atoms with E-state index in [1.54, 1.807) is 18.2 Å². The minimum absolute atomic E-state index is 0.322. The van der Waals surface area contributed by atoms with Crippen molar-refractivity contribution in [2.24, 2.45) is 5.73 Å². The molecule has 0 aromatic heterocycles. The Morgan fingerprint density at radius 3 is 2.47 bits per heavy atom. The van der Waals surface area contributed by atoms with E-state index >= 15 is 0 Å². The maximum Gasteiger partial charge on any atom is 0.123 e. The molecule has 0 bridgehead atoms. The van der Waals surface area contributed by atoms with Crippen LogP contribution in [0, 0.1) is 5.82 Å². The lowest BCUT2D eigenvalue weighted by molar-refractivity contribution is 0.628. The molecule has 88 valence electrons. The number of halogens is 3. The van der Waals surface area contributed by atoms with Crippen molar-refractivity contribution < 1.29 is 4.39 Å². The summed E-state index contributed by atoms with van der Waals surface area (Å²) in [7, 11) is 0. The van der Waals surface area contributed by atoms with Crippen LogP contribution in [0.15, 0.2) is 36.4 Å². The van der Waals surface area contributed by atoms with Crippen molar-refractivity contribution in [1.82, 2.24) is 0 Å². The second kappa shape index (κ2) is 5.05. The number of nitrogens with two attached hydrogens (primary N) is 1. The average Bonchev–Trinajstić information content (AvgIpc) is 2.32. The Balaban J connectivity index is 2.63. The first-order chi connectivity index (χ1) is 8.11. The zero-order chi connectivity index (χ0) is 12.4. The lowest BCUT2D eigenvalue weighted by atomic mass is 9.99. The van der Waals surface area contributed by atoms with Crippen LogP contribution >= 0.6 is 23.2 Å². The fourth-order valence-corrected chi connectivity index (χ4v) is 2.11. The SMILES string of the molecule is NCc1cc(Cl)ccc1-c1cc(F)ccc1Cl. The quantitative estimate of drug-likeness (QED) is 0.866. The summed E-state index contributed by atoms with van der Waals surface area (Å²) in [6.45, 7) is 0.322. The Labute approximate surface area is 109 Å². The van der Waals surface area contributed by atoms with Crippen LogP contribution in [0.5, 0.6) is 0 Å². The Kier molecular flexibility index (Phi) is 3.67.